The molecule has 2 aromatic rings. The van der Waals surface area contributed by atoms with E-state index in [4.69, 9.17) is 9.72 Å². The summed E-state index contributed by atoms with van der Waals surface area (Å²) in [6.07, 6.45) is 6.49. The molecule has 2 heterocycles. The normalized spacial score (nSPS) is 16.1. The van der Waals surface area contributed by atoms with Gasteiger partial charge in [-0.25, -0.2) is 9.78 Å². The van der Waals surface area contributed by atoms with E-state index >= 15 is 0 Å². The van der Waals surface area contributed by atoms with Crippen molar-refractivity contribution in [1.82, 2.24) is 19.1 Å². The minimum atomic E-state index is -1.18. The number of imidazole rings is 1. The number of nitrogens with one attached hydrogen (secondary N) is 1. The monoisotopic (exact) mass is 406 g/mol. The van der Waals surface area contributed by atoms with Crippen molar-refractivity contribution in [3.63, 3.8) is 0 Å². The van der Waals surface area contributed by atoms with E-state index in [2.05, 4.69) is 24.6 Å². The number of aromatic nitrogens is 4. The number of H-pyrrole nitrogens is 1. The Bertz CT molecular complexity index is 916. The highest BCUT2D eigenvalue weighted by molar-refractivity contribution is 6.76. The van der Waals surface area contributed by atoms with E-state index in [0.29, 0.717) is 37.0 Å². The topological polar surface area (TPSA) is 81.9 Å². The number of fused-ring (bicyclic) bond motifs is 1. The van der Waals surface area contributed by atoms with Crippen molar-refractivity contribution in [1.29, 1.82) is 0 Å². The molecule has 2 aromatic heterocycles. The van der Waals surface area contributed by atoms with E-state index in [9.17, 15) is 9.59 Å². The molecule has 1 N–H and O–H groups in total. The lowest BCUT2D eigenvalue weighted by Crippen LogP contribution is -2.35. The second-order valence-corrected chi connectivity index (χ2v) is 14.8. The molecule has 0 amide bonds. The molecule has 28 heavy (non-hydrogen) atoms. The molecular formula is C20H34N4O3Si. The van der Waals surface area contributed by atoms with Crippen LogP contribution in [0.4, 0.5) is 0 Å². The Balaban J connectivity index is 2.01. The third kappa shape index (κ3) is 4.65. The zero-order valence-electron chi connectivity index (χ0n) is 17.7. The third-order valence-electron chi connectivity index (χ3n) is 5.55. The molecule has 0 aromatic carbocycles. The first-order valence-corrected chi connectivity index (χ1v) is 14.3. The van der Waals surface area contributed by atoms with E-state index < -0.39 is 8.07 Å². The van der Waals surface area contributed by atoms with Gasteiger partial charge in [-0.3, -0.25) is 18.9 Å². The van der Waals surface area contributed by atoms with Crippen molar-refractivity contribution in [2.24, 2.45) is 0 Å². The predicted octanol–water partition coefficient (Wildman–Crippen LogP) is 3.66. The van der Waals surface area contributed by atoms with Gasteiger partial charge in [0.25, 0.3) is 5.56 Å². The molecule has 8 heteroatoms. The Hall–Kier alpha value is -1.67. The van der Waals surface area contributed by atoms with Crippen LogP contribution in [0.5, 0.6) is 0 Å². The Morgan fingerprint density at radius 3 is 2.50 bits per heavy atom. The Morgan fingerprint density at radius 1 is 1.14 bits per heavy atom. The van der Waals surface area contributed by atoms with Gasteiger partial charge < -0.3 is 4.74 Å². The van der Waals surface area contributed by atoms with E-state index in [1.54, 1.807) is 0 Å². The van der Waals surface area contributed by atoms with Crippen LogP contribution in [-0.2, 0) is 18.0 Å². The zero-order valence-corrected chi connectivity index (χ0v) is 18.7. The van der Waals surface area contributed by atoms with Crippen molar-refractivity contribution in [2.75, 3.05) is 6.61 Å². The molecule has 0 unspecified atom stereocenters. The van der Waals surface area contributed by atoms with Crippen molar-refractivity contribution in [2.45, 2.75) is 90.3 Å². The molecule has 156 valence electrons. The summed E-state index contributed by atoms with van der Waals surface area (Å²) in [5.74, 6) is 1.22. The Kier molecular flexibility index (Phi) is 6.60. The smallest absolute Gasteiger partial charge is 0.330 e. The average Bonchev–Trinajstić information content (AvgIpc) is 3.00. The number of hydrogen-bond donors (Lipinski definition) is 1. The fraction of sp³-hybridized carbons (Fsp3) is 0.750. The quantitative estimate of drug-likeness (QED) is 0.536. The summed E-state index contributed by atoms with van der Waals surface area (Å²) in [6.45, 7) is 10.3. The van der Waals surface area contributed by atoms with Crippen LogP contribution in [0.3, 0.4) is 0 Å². The first kappa shape index (κ1) is 21.0. The van der Waals surface area contributed by atoms with E-state index in [1.165, 1.54) is 23.8 Å². The third-order valence-corrected chi connectivity index (χ3v) is 7.25. The fourth-order valence-electron chi connectivity index (χ4n) is 3.93. The maximum Gasteiger partial charge on any atom is 0.330 e. The van der Waals surface area contributed by atoms with Crippen molar-refractivity contribution in [3.05, 3.63) is 26.7 Å². The standard InChI is InChI=1S/C20H34N4O3Si/c1-5-11-23-19(25)16-17(22-20(23)26)21-18(15-9-7-6-8-10-15)24(16)14-27-12-13-28(2,3)4/h15H,5-14H2,1-4H3,(H,22,26). The molecule has 3 rings (SSSR count). The number of ether oxygens (including phenoxy) is 1. The predicted molar refractivity (Wildman–Crippen MR) is 115 cm³/mol. The van der Waals surface area contributed by atoms with Crippen molar-refractivity contribution in [3.8, 4) is 0 Å². The number of rotatable bonds is 8. The summed E-state index contributed by atoms with van der Waals surface area (Å²) in [7, 11) is -1.18. The molecule has 0 spiro atoms. The van der Waals surface area contributed by atoms with Crippen molar-refractivity contribution >= 4 is 19.2 Å². The molecule has 1 fully saturated rings. The number of aromatic amines is 1. The van der Waals surface area contributed by atoms with Gasteiger partial charge in [0.1, 0.15) is 12.6 Å². The van der Waals surface area contributed by atoms with Gasteiger partial charge in [-0.15, -0.1) is 0 Å². The van der Waals surface area contributed by atoms with Gasteiger partial charge in [0.2, 0.25) is 0 Å². The van der Waals surface area contributed by atoms with Gasteiger partial charge in [0.15, 0.2) is 11.2 Å². The highest BCUT2D eigenvalue weighted by Crippen LogP contribution is 2.33. The minimum Gasteiger partial charge on any atom is -0.361 e. The van der Waals surface area contributed by atoms with Crippen LogP contribution in [0, 0.1) is 0 Å². The van der Waals surface area contributed by atoms with Crippen LogP contribution in [0.1, 0.15) is 57.2 Å². The lowest BCUT2D eigenvalue weighted by Gasteiger charge is -2.22. The average molecular weight is 407 g/mol. The van der Waals surface area contributed by atoms with Crippen LogP contribution >= 0.6 is 0 Å². The van der Waals surface area contributed by atoms with Crippen molar-refractivity contribution < 1.29 is 4.74 Å². The molecule has 0 aliphatic heterocycles. The summed E-state index contributed by atoms with van der Waals surface area (Å²) in [4.78, 5) is 33.0. The zero-order chi connectivity index (χ0) is 20.3. The molecule has 0 bridgehead atoms. The summed E-state index contributed by atoms with van der Waals surface area (Å²) < 4.78 is 9.21. The van der Waals surface area contributed by atoms with E-state index in [-0.39, 0.29) is 11.2 Å². The Labute approximate surface area is 167 Å². The lowest BCUT2D eigenvalue weighted by atomic mass is 9.89. The van der Waals surface area contributed by atoms with Gasteiger partial charge in [0.05, 0.1) is 0 Å². The minimum absolute atomic E-state index is 0.260. The SMILES string of the molecule is CCCn1c(=O)[nH]c2nc(C3CCCCC3)n(COCC[Si](C)(C)C)c2c1=O. The summed E-state index contributed by atoms with van der Waals surface area (Å²) >= 11 is 0. The van der Waals surface area contributed by atoms with Crippen LogP contribution in [0.25, 0.3) is 11.2 Å². The molecular weight excluding hydrogens is 372 g/mol. The van der Waals surface area contributed by atoms with E-state index in [0.717, 1.165) is 31.1 Å². The molecule has 7 nitrogen and oxygen atoms in total. The first-order valence-electron chi connectivity index (χ1n) is 10.6. The van der Waals surface area contributed by atoms with Crippen LogP contribution < -0.4 is 11.2 Å². The van der Waals surface area contributed by atoms with Gasteiger partial charge in [-0.2, -0.15) is 0 Å². The largest absolute Gasteiger partial charge is 0.361 e. The summed E-state index contributed by atoms with van der Waals surface area (Å²) in [6, 6.07) is 1.08. The van der Waals surface area contributed by atoms with Gasteiger partial charge in [-0.05, 0) is 25.3 Å². The first-order chi connectivity index (χ1) is 13.3. The van der Waals surface area contributed by atoms with Crippen LogP contribution in [0.2, 0.25) is 25.7 Å². The molecule has 1 aliphatic carbocycles. The second-order valence-electron chi connectivity index (χ2n) is 9.17. The molecule has 0 radical (unpaired) electrons. The maximum absolute atomic E-state index is 13.1. The highest BCUT2D eigenvalue weighted by Gasteiger charge is 2.25. The Morgan fingerprint density at radius 2 is 1.86 bits per heavy atom. The number of nitrogens with zero attached hydrogens (tertiary/aromatic N) is 3. The van der Waals surface area contributed by atoms with Crippen LogP contribution in [-0.4, -0.2) is 33.8 Å². The molecule has 0 atom stereocenters. The van der Waals surface area contributed by atoms with Crippen LogP contribution in [0.15, 0.2) is 9.59 Å². The maximum atomic E-state index is 13.1. The van der Waals surface area contributed by atoms with Gasteiger partial charge in [0, 0.05) is 27.1 Å². The van der Waals surface area contributed by atoms with Gasteiger partial charge >= 0.3 is 5.69 Å². The lowest BCUT2D eigenvalue weighted by molar-refractivity contribution is 0.0863. The number of hydrogen-bond acceptors (Lipinski definition) is 4. The fourth-order valence-corrected chi connectivity index (χ4v) is 4.68. The van der Waals surface area contributed by atoms with E-state index in [1.807, 2.05) is 11.5 Å². The highest BCUT2D eigenvalue weighted by atomic mass is 28.3. The molecule has 0 saturated heterocycles. The summed E-state index contributed by atoms with van der Waals surface area (Å²) in [5, 5.41) is 0. The summed E-state index contributed by atoms with van der Waals surface area (Å²) in [5.41, 5.74) is 0.237. The molecule has 1 saturated carbocycles. The molecule has 1 aliphatic rings. The van der Waals surface area contributed by atoms with Gasteiger partial charge in [-0.1, -0.05) is 45.8 Å². The second kappa shape index (κ2) is 8.78.